The molecule has 0 aliphatic heterocycles. The average Bonchev–Trinajstić information content (AvgIpc) is 2.95. The van der Waals surface area contributed by atoms with Gasteiger partial charge in [0.05, 0.1) is 13.2 Å². The minimum atomic E-state index is 0. The van der Waals surface area contributed by atoms with E-state index in [1.54, 1.807) is 14.0 Å². The third kappa shape index (κ3) is 6.05. The number of para-hydroxylation sites is 1. The van der Waals surface area contributed by atoms with Gasteiger partial charge in [-0.05, 0) is 13.0 Å². The molecule has 0 bridgehead atoms. The van der Waals surface area contributed by atoms with Crippen LogP contribution in [0.1, 0.15) is 24.2 Å². The fraction of sp³-hybridized carbons (Fsp3) is 0.400. The number of nitrogens with one attached hydrogen (secondary N) is 2. The predicted octanol–water partition coefficient (Wildman–Crippen LogP) is 2.26. The van der Waals surface area contributed by atoms with Gasteiger partial charge in [-0.25, -0.2) is 0 Å². The fourth-order valence-electron chi connectivity index (χ4n) is 1.92. The van der Waals surface area contributed by atoms with Crippen LogP contribution in [0.25, 0.3) is 0 Å². The molecule has 0 amide bonds. The van der Waals surface area contributed by atoms with Crippen LogP contribution in [0.5, 0.6) is 5.75 Å². The van der Waals surface area contributed by atoms with Crippen molar-refractivity contribution in [3.05, 3.63) is 41.5 Å². The smallest absolute Gasteiger partial charge is 0.223 e. The second-order valence-electron chi connectivity index (χ2n) is 4.55. The number of halogens is 1. The lowest BCUT2D eigenvalue weighted by atomic mass is 10.2. The summed E-state index contributed by atoms with van der Waals surface area (Å²) in [5.41, 5.74) is 1.07. The first kappa shape index (κ1) is 19.2. The first-order valence-electron chi connectivity index (χ1n) is 7.17. The summed E-state index contributed by atoms with van der Waals surface area (Å²) in [6.45, 7) is 5.43. The topological polar surface area (TPSA) is 84.6 Å². The first-order valence-corrected chi connectivity index (χ1v) is 7.17. The summed E-state index contributed by atoms with van der Waals surface area (Å²) in [7, 11) is 1.71. The first-order chi connectivity index (χ1) is 10.7. The van der Waals surface area contributed by atoms with Crippen LogP contribution in [-0.2, 0) is 13.1 Å². The van der Waals surface area contributed by atoms with Crippen molar-refractivity contribution in [1.82, 2.24) is 20.8 Å². The highest BCUT2D eigenvalue weighted by molar-refractivity contribution is 14.0. The third-order valence-electron chi connectivity index (χ3n) is 2.93. The van der Waals surface area contributed by atoms with Gasteiger partial charge in [0.1, 0.15) is 5.75 Å². The van der Waals surface area contributed by atoms with Gasteiger partial charge < -0.3 is 19.9 Å². The summed E-state index contributed by atoms with van der Waals surface area (Å²) in [6.07, 6.45) is 0. The number of hydrogen-bond acceptors (Lipinski definition) is 5. The number of nitrogens with zero attached hydrogens (tertiary/aromatic N) is 3. The molecule has 2 rings (SSSR count). The van der Waals surface area contributed by atoms with E-state index in [9.17, 15) is 0 Å². The zero-order chi connectivity index (χ0) is 15.8. The van der Waals surface area contributed by atoms with Crippen molar-refractivity contribution in [1.29, 1.82) is 0 Å². The molecular weight excluding hydrogens is 409 g/mol. The molecule has 0 fully saturated rings. The molecule has 0 radical (unpaired) electrons. The van der Waals surface area contributed by atoms with Crippen molar-refractivity contribution in [3.8, 4) is 5.75 Å². The Labute approximate surface area is 152 Å². The molecule has 1 aromatic carbocycles. The largest absolute Gasteiger partial charge is 0.494 e. The van der Waals surface area contributed by atoms with Crippen molar-refractivity contribution in [3.63, 3.8) is 0 Å². The van der Waals surface area contributed by atoms with Crippen LogP contribution < -0.4 is 15.4 Å². The lowest BCUT2D eigenvalue weighted by Gasteiger charge is -2.13. The Bertz CT molecular complexity index is 630. The van der Waals surface area contributed by atoms with E-state index in [1.807, 2.05) is 31.2 Å². The van der Waals surface area contributed by atoms with Crippen molar-refractivity contribution < 1.29 is 9.26 Å². The molecule has 2 aromatic rings. The average molecular weight is 431 g/mol. The Morgan fingerprint density at radius 2 is 2.00 bits per heavy atom. The van der Waals surface area contributed by atoms with Crippen molar-refractivity contribution in [2.75, 3.05) is 13.7 Å². The van der Waals surface area contributed by atoms with Gasteiger partial charge in [0.25, 0.3) is 0 Å². The lowest BCUT2D eigenvalue weighted by molar-refractivity contribution is 0.336. The van der Waals surface area contributed by atoms with E-state index >= 15 is 0 Å². The maximum atomic E-state index is 5.60. The molecule has 0 spiro atoms. The van der Waals surface area contributed by atoms with Gasteiger partial charge in [-0.15, -0.1) is 24.0 Å². The van der Waals surface area contributed by atoms with Gasteiger partial charge in [0.15, 0.2) is 11.8 Å². The highest BCUT2D eigenvalue weighted by atomic mass is 127. The maximum absolute atomic E-state index is 5.60. The summed E-state index contributed by atoms with van der Waals surface area (Å²) < 4.78 is 10.5. The zero-order valence-electron chi connectivity index (χ0n) is 13.5. The Morgan fingerprint density at radius 3 is 2.65 bits per heavy atom. The van der Waals surface area contributed by atoms with Gasteiger partial charge in [-0.1, -0.05) is 23.4 Å². The molecule has 0 unspecified atom stereocenters. The van der Waals surface area contributed by atoms with Crippen LogP contribution in [0.15, 0.2) is 33.8 Å². The molecule has 0 aliphatic carbocycles. The predicted molar refractivity (Wildman–Crippen MR) is 99.1 cm³/mol. The van der Waals surface area contributed by atoms with Gasteiger partial charge in [-0.2, -0.15) is 4.98 Å². The number of guanidine groups is 1. The van der Waals surface area contributed by atoms with Gasteiger partial charge >= 0.3 is 0 Å². The Hall–Kier alpha value is -1.84. The summed E-state index contributed by atoms with van der Waals surface area (Å²) >= 11 is 0. The Morgan fingerprint density at radius 1 is 1.26 bits per heavy atom. The molecular formula is C15H22IN5O2. The SMILES string of the molecule is CCOc1ccccc1CNC(=NC)NCc1noc(C)n1.I. The molecule has 1 aromatic heterocycles. The maximum Gasteiger partial charge on any atom is 0.223 e. The zero-order valence-corrected chi connectivity index (χ0v) is 15.8. The second-order valence-corrected chi connectivity index (χ2v) is 4.55. The molecule has 0 saturated heterocycles. The number of benzene rings is 1. The quantitative estimate of drug-likeness (QED) is 0.415. The standard InChI is InChI=1S/C15H21N5O2.HI/c1-4-21-13-8-6-5-7-12(13)9-17-15(16-3)18-10-14-19-11(2)22-20-14;/h5-8H,4,9-10H2,1-3H3,(H2,16,17,18);1H. The molecule has 2 N–H and O–H groups in total. The van der Waals surface area contributed by atoms with Gasteiger partial charge in [0, 0.05) is 26.1 Å². The monoisotopic (exact) mass is 431 g/mol. The minimum absolute atomic E-state index is 0. The molecule has 8 heteroatoms. The molecule has 0 aliphatic rings. The fourth-order valence-corrected chi connectivity index (χ4v) is 1.92. The molecule has 0 atom stereocenters. The van der Waals surface area contributed by atoms with Crippen LogP contribution in [0.2, 0.25) is 0 Å². The lowest BCUT2D eigenvalue weighted by Crippen LogP contribution is -2.36. The van der Waals surface area contributed by atoms with E-state index < -0.39 is 0 Å². The Kier molecular flexibility index (Phi) is 8.38. The summed E-state index contributed by atoms with van der Waals surface area (Å²) in [5, 5.41) is 10.2. The summed E-state index contributed by atoms with van der Waals surface area (Å²) in [4.78, 5) is 8.30. The van der Waals surface area contributed by atoms with Crippen molar-refractivity contribution in [2.45, 2.75) is 26.9 Å². The van der Waals surface area contributed by atoms with E-state index in [1.165, 1.54) is 0 Å². The Balaban J connectivity index is 0.00000264. The number of ether oxygens (including phenoxy) is 1. The number of hydrogen-bond donors (Lipinski definition) is 2. The van der Waals surface area contributed by atoms with Gasteiger partial charge in [0.2, 0.25) is 5.89 Å². The summed E-state index contributed by atoms with van der Waals surface area (Å²) in [5.74, 6) is 2.68. The molecule has 1 heterocycles. The van der Waals surface area contributed by atoms with Crippen LogP contribution in [-0.4, -0.2) is 29.8 Å². The van der Waals surface area contributed by atoms with E-state index in [2.05, 4.69) is 25.8 Å². The minimum Gasteiger partial charge on any atom is -0.494 e. The molecule has 23 heavy (non-hydrogen) atoms. The van der Waals surface area contributed by atoms with Crippen LogP contribution in [0.4, 0.5) is 0 Å². The third-order valence-corrected chi connectivity index (χ3v) is 2.93. The normalized spacial score (nSPS) is 10.8. The van der Waals surface area contributed by atoms with Crippen LogP contribution in [0, 0.1) is 6.92 Å². The van der Waals surface area contributed by atoms with Crippen LogP contribution in [0.3, 0.4) is 0 Å². The number of rotatable bonds is 6. The highest BCUT2D eigenvalue weighted by Gasteiger charge is 2.06. The van der Waals surface area contributed by atoms with Gasteiger partial charge in [-0.3, -0.25) is 4.99 Å². The van der Waals surface area contributed by atoms with Crippen molar-refractivity contribution >= 4 is 29.9 Å². The molecule has 0 saturated carbocycles. The van der Waals surface area contributed by atoms with E-state index in [0.29, 0.717) is 37.4 Å². The highest BCUT2D eigenvalue weighted by Crippen LogP contribution is 2.17. The molecule has 126 valence electrons. The molecule has 7 nitrogen and oxygen atoms in total. The number of aromatic nitrogens is 2. The van der Waals surface area contributed by atoms with E-state index in [-0.39, 0.29) is 24.0 Å². The second kappa shape index (κ2) is 10.0. The van der Waals surface area contributed by atoms with Crippen LogP contribution >= 0.6 is 24.0 Å². The van der Waals surface area contributed by atoms with Crippen molar-refractivity contribution in [2.24, 2.45) is 4.99 Å². The summed E-state index contributed by atoms with van der Waals surface area (Å²) in [6, 6.07) is 7.92. The van der Waals surface area contributed by atoms with E-state index in [0.717, 1.165) is 11.3 Å². The number of aliphatic imine (C=N–C) groups is 1. The van der Waals surface area contributed by atoms with E-state index in [4.69, 9.17) is 9.26 Å². The number of aryl methyl sites for hydroxylation is 1.